The van der Waals surface area contributed by atoms with Gasteiger partial charge in [-0.15, -0.1) is 0 Å². The second-order valence-electron chi connectivity index (χ2n) is 7.66. The third-order valence-corrected chi connectivity index (χ3v) is 6.46. The van der Waals surface area contributed by atoms with Crippen LogP contribution in [-0.4, -0.2) is 46.5 Å². The highest BCUT2D eigenvalue weighted by atomic mass is 15.3. The Balaban J connectivity index is 1.48. The fraction of sp³-hybridized carbons (Fsp3) is 0.476. The fourth-order valence-corrected chi connectivity index (χ4v) is 5.44. The Labute approximate surface area is 144 Å². The predicted octanol–water partition coefficient (Wildman–Crippen LogP) is 3.14. The number of likely N-dealkylation sites (tertiary alicyclic amines) is 1. The van der Waals surface area contributed by atoms with Crippen LogP contribution in [0.4, 0.5) is 0 Å². The van der Waals surface area contributed by atoms with Crippen molar-refractivity contribution >= 4 is 0 Å². The lowest BCUT2D eigenvalue weighted by atomic mass is 9.75. The van der Waals surface area contributed by atoms with E-state index in [2.05, 4.69) is 57.2 Å². The van der Waals surface area contributed by atoms with Gasteiger partial charge in [-0.05, 0) is 55.1 Å². The predicted molar refractivity (Wildman–Crippen MR) is 95.7 cm³/mol. The molecule has 4 saturated heterocycles. The maximum Gasteiger partial charge on any atom is 0.0335 e. The number of hydrogen-bond donors (Lipinski definition) is 0. The number of nitrogens with zero attached hydrogens (tertiary/aromatic N) is 3. The number of benzene rings is 1. The molecule has 0 N–H and O–H groups in total. The average molecular weight is 319 g/mol. The quantitative estimate of drug-likeness (QED) is 0.866. The van der Waals surface area contributed by atoms with Crippen LogP contribution in [0.3, 0.4) is 0 Å². The lowest BCUT2D eigenvalue weighted by molar-refractivity contribution is -0.00869. The molecule has 24 heavy (non-hydrogen) atoms. The van der Waals surface area contributed by atoms with Crippen LogP contribution in [0.25, 0.3) is 0 Å². The van der Waals surface area contributed by atoms with Crippen LogP contribution in [0.1, 0.15) is 29.9 Å². The first-order valence-corrected chi connectivity index (χ1v) is 9.32. The van der Waals surface area contributed by atoms with Crippen molar-refractivity contribution in [1.29, 1.82) is 0 Å². The van der Waals surface area contributed by atoms with Gasteiger partial charge in [0.1, 0.15) is 0 Å². The molecule has 4 fully saturated rings. The maximum absolute atomic E-state index is 4.18. The zero-order valence-corrected chi connectivity index (χ0v) is 14.1. The summed E-state index contributed by atoms with van der Waals surface area (Å²) in [5.74, 6) is 1.54. The van der Waals surface area contributed by atoms with Crippen LogP contribution in [0.15, 0.2) is 54.9 Å². The number of pyridine rings is 1. The summed E-state index contributed by atoms with van der Waals surface area (Å²) in [6, 6.07) is 17.0. The molecule has 1 aromatic heterocycles. The zero-order valence-electron chi connectivity index (χ0n) is 14.1. The molecule has 0 saturated carbocycles. The number of aromatic nitrogens is 1. The van der Waals surface area contributed by atoms with E-state index in [0.29, 0.717) is 12.0 Å². The summed E-state index contributed by atoms with van der Waals surface area (Å²) in [6.45, 7) is 4.86. The maximum atomic E-state index is 4.18. The Morgan fingerprint density at radius 1 is 0.917 bits per heavy atom. The molecule has 4 aliphatic heterocycles. The van der Waals surface area contributed by atoms with E-state index in [4.69, 9.17) is 0 Å². The number of piperidine rings is 3. The molecule has 0 amide bonds. The van der Waals surface area contributed by atoms with E-state index >= 15 is 0 Å². The molecule has 0 aliphatic carbocycles. The molecular weight excluding hydrogens is 294 g/mol. The zero-order chi connectivity index (χ0) is 15.9. The molecule has 0 spiro atoms. The van der Waals surface area contributed by atoms with Crippen molar-refractivity contribution in [1.82, 2.24) is 14.8 Å². The standard InChI is InChI=1S/C21H25N3/c1-2-4-17(5-3-1)19-15-24(14-16-6-10-22-11-7-16)20-18-8-12-23(13-9-18)21(19)20/h1-7,10-11,18-21H,8-9,12-15H2/t19-,20-,21-/m1/s1. The second-order valence-corrected chi connectivity index (χ2v) is 7.66. The number of fused-ring (bicyclic) bond motifs is 2. The highest BCUT2D eigenvalue weighted by Gasteiger charge is 2.52. The summed E-state index contributed by atoms with van der Waals surface area (Å²) in [4.78, 5) is 9.73. The van der Waals surface area contributed by atoms with Crippen LogP contribution in [-0.2, 0) is 6.54 Å². The Morgan fingerprint density at radius 3 is 2.42 bits per heavy atom. The van der Waals surface area contributed by atoms with Gasteiger partial charge in [0.2, 0.25) is 0 Å². The van der Waals surface area contributed by atoms with Crippen molar-refractivity contribution < 1.29 is 0 Å². The molecule has 4 aliphatic rings. The molecule has 0 radical (unpaired) electrons. The lowest BCUT2D eigenvalue weighted by Gasteiger charge is -2.51. The molecular formula is C21H25N3. The van der Waals surface area contributed by atoms with Gasteiger partial charge < -0.3 is 0 Å². The minimum Gasteiger partial charge on any atom is -0.298 e. The minimum atomic E-state index is 0.654. The summed E-state index contributed by atoms with van der Waals surface area (Å²) >= 11 is 0. The highest BCUT2D eigenvalue weighted by molar-refractivity contribution is 5.27. The van der Waals surface area contributed by atoms with Crippen LogP contribution in [0.2, 0.25) is 0 Å². The highest BCUT2D eigenvalue weighted by Crippen LogP contribution is 2.46. The third-order valence-electron chi connectivity index (χ3n) is 6.46. The van der Waals surface area contributed by atoms with Crippen molar-refractivity contribution in [2.75, 3.05) is 19.6 Å². The van der Waals surface area contributed by atoms with Crippen molar-refractivity contribution in [3.05, 3.63) is 66.0 Å². The topological polar surface area (TPSA) is 19.4 Å². The van der Waals surface area contributed by atoms with E-state index in [9.17, 15) is 0 Å². The van der Waals surface area contributed by atoms with Crippen LogP contribution >= 0.6 is 0 Å². The molecule has 3 atom stereocenters. The van der Waals surface area contributed by atoms with Gasteiger partial charge >= 0.3 is 0 Å². The molecule has 5 heterocycles. The summed E-state index contributed by atoms with van der Waals surface area (Å²) < 4.78 is 0. The van der Waals surface area contributed by atoms with Gasteiger partial charge in [0.05, 0.1) is 0 Å². The first-order valence-electron chi connectivity index (χ1n) is 9.32. The normalized spacial score (nSPS) is 35.1. The number of rotatable bonds is 3. The molecule has 3 heteroatoms. The summed E-state index contributed by atoms with van der Waals surface area (Å²) in [5.41, 5.74) is 2.92. The minimum absolute atomic E-state index is 0.654. The Hall–Kier alpha value is -1.71. The van der Waals surface area contributed by atoms with E-state index in [1.807, 2.05) is 12.4 Å². The first kappa shape index (κ1) is 14.6. The summed E-state index contributed by atoms with van der Waals surface area (Å²) in [5, 5.41) is 0. The van der Waals surface area contributed by atoms with Crippen LogP contribution in [0.5, 0.6) is 0 Å². The van der Waals surface area contributed by atoms with Crippen LogP contribution in [0, 0.1) is 5.92 Å². The fourth-order valence-electron chi connectivity index (χ4n) is 5.44. The summed E-state index contributed by atoms with van der Waals surface area (Å²) in [7, 11) is 0. The molecule has 124 valence electrons. The molecule has 0 unspecified atom stereocenters. The van der Waals surface area contributed by atoms with E-state index in [1.54, 1.807) is 0 Å². The van der Waals surface area contributed by atoms with Crippen molar-refractivity contribution in [3.8, 4) is 0 Å². The lowest BCUT2D eigenvalue weighted by Crippen LogP contribution is -2.59. The van der Waals surface area contributed by atoms with Crippen molar-refractivity contribution in [2.24, 2.45) is 5.92 Å². The Morgan fingerprint density at radius 2 is 1.67 bits per heavy atom. The molecule has 2 bridgehead atoms. The number of hydrogen-bond acceptors (Lipinski definition) is 3. The van der Waals surface area contributed by atoms with Crippen molar-refractivity contribution in [2.45, 2.75) is 37.4 Å². The largest absolute Gasteiger partial charge is 0.298 e. The molecule has 1 aromatic carbocycles. The third kappa shape index (κ3) is 2.38. The molecule has 6 rings (SSSR count). The Bertz CT molecular complexity index is 679. The van der Waals surface area contributed by atoms with E-state index in [-0.39, 0.29) is 0 Å². The van der Waals surface area contributed by atoms with E-state index in [0.717, 1.165) is 18.5 Å². The first-order chi connectivity index (χ1) is 11.9. The monoisotopic (exact) mass is 319 g/mol. The van der Waals surface area contributed by atoms with E-state index in [1.165, 1.54) is 43.6 Å². The smallest absolute Gasteiger partial charge is 0.0335 e. The molecule has 2 aromatic rings. The van der Waals surface area contributed by atoms with Gasteiger partial charge in [-0.3, -0.25) is 14.8 Å². The van der Waals surface area contributed by atoms with Gasteiger partial charge in [-0.2, -0.15) is 0 Å². The van der Waals surface area contributed by atoms with Gasteiger partial charge in [0.15, 0.2) is 0 Å². The van der Waals surface area contributed by atoms with E-state index < -0.39 is 0 Å². The van der Waals surface area contributed by atoms with Gasteiger partial charge in [-0.25, -0.2) is 0 Å². The van der Waals surface area contributed by atoms with Crippen LogP contribution < -0.4 is 0 Å². The molecule has 3 nitrogen and oxygen atoms in total. The van der Waals surface area contributed by atoms with Crippen molar-refractivity contribution in [3.63, 3.8) is 0 Å². The average Bonchev–Trinajstić information content (AvgIpc) is 3.06. The van der Waals surface area contributed by atoms with Gasteiger partial charge in [0.25, 0.3) is 0 Å². The summed E-state index contributed by atoms with van der Waals surface area (Å²) in [6.07, 6.45) is 6.62. The Kier molecular flexibility index (Phi) is 3.64. The van der Waals surface area contributed by atoms with Gasteiger partial charge in [0, 0.05) is 43.5 Å². The SMILES string of the molecule is c1ccc([C@H]2CN(Cc3ccncc3)[C@@H]3C4CCN(CC4)[C@H]23)cc1. The van der Waals surface area contributed by atoms with Gasteiger partial charge in [-0.1, -0.05) is 30.3 Å². The second kappa shape index (κ2) is 5.98.